The number of anilines is 1. The summed E-state index contributed by atoms with van der Waals surface area (Å²) < 4.78 is 0. The molecule has 0 aliphatic rings. The summed E-state index contributed by atoms with van der Waals surface area (Å²) >= 11 is 0. The van der Waals surface area contributed by atoms with Crippen molar-refractivity contribution in [3.63, 3.8) is 0 Å². The summed E-state index contributed by atoms with van der Waals surface area (Å²) in [6.45, 7) is 0.126. The Morgan fingerprint density at radius 3 is 2.78 bits per heavy atom. The Kier molecular flexibility index (Phi) is 6.74. The second-order valence-electron chi connectivity index (χ2n) is 4.37. The van der Waals surface area contributed by atoms with Crippen LogP contribution in [-0.2, 0) is 9.59 Å². The predicted octanol–water partition coefficient (Wildman–Crippen LogP) is 1.40. The van der Waals surface area contributed by atoms with E-state index in [0.717, 1.165) is 6.20 Å². The number of carbonyl (C=O) groups is 2. The molecule has 0 unspecified atom stereocenters. The molecule has 9 heteroatoms. The summed E-state index contributed by atoms with van der Waals surface area (Å²) in [6, 6.07) is 7.28. The largest absolute Gasteiger partial charge is 0.481 e. The van der Waals surface area contributed by atoms with Gasteiger partial charge in [-0.2, -0.15) is 5.26 Å². The highest BCUT2D eigenvalue weighted by atomic mass is 16.6. The molecule has 0 aromatic heterocycles. The number of nitriles is 1. The summed E-state index contributed by atoms with van der Waals surface area (Å²) in [4.78, 5) is 32.1. The van der Waals surface area contributed by atoms with Crippen LogP contribution in [-0.4, -0.2) is 28.5 Å². The molecular formula is C14H14N4O5. The minimum atomic E-state index is -0.970. The first-order chi connectivity index (χ1) is 10.9. The highest BCUT2D eigenvalue weighted by Gasteiger charge is 2.09. The molecular weight excluding hydrogens is 304 g/mol. The van der Waals surface area contributed by atoms with Gasteiger partial charge >= 0.3 is 5.97 Å². The number of carbonyl (C=O) groups excluding carboxylic acids is 1. The van der Waals surface area contributed by atoms with Crippen molar-refractivity contribution in [2.45, 2.75) is 12.8 Å². The average molecular weight is 318 g/mol. The van der Waals surface area contributed by atoms with E-state index in [9.17, 15) is 19.7 Å². The second kappa shape index (κ2) is 8.78. The number of carboxylic acid groups (broad SMARTS) is 1. The normalized spacial score (nSPS) is 10.5. The Morgan fingerprint density at radius 1 is 1.43 bits per heavy atom. The Labute approximate surface area is 131 Å². The molecule has 120 valence electrons. The number of benzene rings is 1. The van der Waals surface area contributed by atoms with Gasteiger partial charge in [-0.3, -0.25) is 19.7 Å². The van der Waals surface area contributed by atoms with Crippen LogP contribution in [0.3, 0.4) is 0 Å². The average Bonchev–Trinajstić information content (AvgIpc) is 2.52. The number of non-ortho nitro benzene ring substituents is 1. The van der Waals surface area contributed by atoms with Crippen LogP contribution in [0.5, 0.6) is 0 Å². The molecule has 0 spiro atoms. The van der Waals surface area contributed by atoms with Gasteiger partial charge in [0.2, 0.25) is 0 Å². The fourth-order valence-electron chi connectivity index (χ4n) is 1.55. The first-order valence-corrected chi connectivity index (χ1v) is 6.55. The number of amides is 1. The van der Waals surface area contributed by atoms with Crippen molar-refractivity contribution in [3.05, 3.63) is 46.2 Å². The van der Waals surface area contributed by atoms with Gasteiger partial charge in [-0.15, -0.1) is 0 Å². The van der Waals surface area contributed by atoms with Crippen molar-refractivity contribution in [2.75, 3.05) is 11.9 Å². The Morgan fingerprint density at radius 2 is 2.17 bits per heavy atom. The van der Waals surface area contributed by atoms with E-state index < -0.39 is 16.8 Å². The third kappa shape index (κ3) is 6.26. The van der Waals surface area contributed by atoms with Crippen LogP contribution < -0.4 is 10.6 Å². The molecule has 9 nitrogen and oxygen atoms in total. The maximum atomic E-state index is 11.7. The van der Waals surface area contributed by atoms with E-state index in [-0.39, 0.29) is 30.6 Å². The molecule has 1 rings (SSSR count). The van der Waals surface area contributed by atoms with Gasteiger partial charge in [-0.05, 0) is 12.5 Å². The van der Waals surface area contributed by atoms with Crippen LogP contribution in [0.2, 0.25) is 0 Å². The van der Waals surface area contributed by atoms with Crippen LogP contribution in [0.25, 0.3) is 0 Å². The van der Waals surface area contributed by atoms with Crippen molar-refractivity contribution >= 4 is 23.3 Å². The lowest BCUT2D eigenvalue weighted by atomic mass is 10.2. The van der Waals surface area contributed by atoms with Crippen LogP contribution in [0.4, 0.5) is 11.4 Å². The van der Waals surface area contributed by atoms with Gasteiger partial charge in [0.05, 0.1) is 4.92 Å². The monoisotopic (exact) mass is 318 g/mol. The Bertz CT molecular complexity index is 678. The van der Waals surface area contributed by atoms with Crippen molar-refractivity contribution in [2.24, 2.45) is 0 Å². The van der Waals surface area contributed by atoms with Gasteiger partial charge in [0.25, 0.3) is 11.6 Å². The standard InChI is InChI=1S/C14H14N4O5/c15-8-10(14(21)16-6-2-5-13(19)20)9-17-11-3-1-4-12(7-11)18(22)23/h1,3-4,7,9,17H,2,5-6H2,(H,16,21)(H,19,20)/b10-9-. The summed E-state index contributed by atoms with van der Waals surface area (Å²) in [7, 11) is 0. The van der Waals surface area contributed by atoms with E-state index >= 15 is 0 Å². The molecule has 0 aliphatic heterocycles. The molecule has 1 aromatic rings. The zero-order valence-corrected chi connectivity index (χ0v) is 12.0. The quantitative estimate of drug-likeness (QED) is 0.216. The lowest BCUT2D eigenvalue weighted by Crippen LogP contribution is -2.26. The number of nitro groups is 1. The van der Waals surface area contributed by atoms with E-state index in [1.165, 1.54) is 18.2 Å². The van der Waals surface area contributed by atoms with Crippen LogP contribution in [0.15, 0.2) is 36.0 Å². The number of rotatable bonds is 8. The van der Waals surface area contributed by atoms with Gasteiger partial charge in [0, 0.05) is 37.0 Å². The minimum Gasteiger partial charge on any atom is -0.481 e. The number of aliphatic carboxylic acids is 1. The van der Waals surface area contributed by atoms with Crippen LogP contribution in [0.1, 0.15) is 12.8 Å². The van der Waals surface area contributed by atoms with Crippen molar-refractivity contribution in [3.8, 4) is 6.07 Å². The van der Waals surface area contributed by atoms with Gasteiger partial charge in [-0.1, -0.05) is 6.07 Å². The van der Waals surface area contributed by atoms with Gasteiger partial charge in [0.1, 0.15) is 11.6 Å². The predicted molar refractivity (Wildman–Crippen MR) is 80.3 cm³/mol. The van der Waals surface area contributed by atoms with Crippen LogP contribution in [0, 0.1) is 21.4 Å². The SMILES string of the molecule is N#C/C(=C/Nc1cccc([N+](=O)[O-])c1)C(=O)NCCCC(=O)O. The Hall–Kier alpha value is -3.41. The lowest BCUT2D eigenvalue weighted by molar-refractivity contribution is -0.384. The summed E-state index contributed by atoms with van der Waals surface area (Å²) in [5, 5.41) is 33.1. The van der Waals surface area contributed by atoms with Crippen molar-refractivity contribution in [1.82, 2.24) is 5.32 Å². The third-order valence-corrected chi connectivity index (χ3v) is 2.66. The zero-order chi connectivity index (χ0) is 17.2. The molecule has 0 saturated carbocycles. The van der Waals surface area contributed by atoms with Crippen LogP contribution >= 0.6 is 0 Å². The topological polar surface area (TPSA) is 145 Å². The maximum Gasteiger partial charge on any atom is 0.303 e. The second-order valence-corrected chi connectivity index (χ2v) is 4.37. The summed E-state index contributed by atoms with van der Waals surface area (Å²) in [5.41, 5.74) is -0.00233. The van der Waals surface area contributed by atoms with Gasteiger partial charge in [0.15, 0.2) is 0 Å². The highest BCUT2D eigenvalue weighted by molar-refractivity contribution is 5.97. The number of nitrogens with one attached hydrogen (secondary N) is 2. The third-order valence-electron chi connectivity index (χ3n) is 2.66. The van der Waals surface area contributed by atoms with Gasteiger partial charge < -0.3 is 15.7 Å². The molecule has 1 aromatic carbocycles. The number of nitrogens with zero attached hydrogens (tertiary/aromatic N) is 2. The Balaban J connectivity index is 2.63. The van der Waals surface area contributed by atoms with E-state index in [1.54, 1.807) is 12.1 Å². The van der Waals surface area contributed by atoms with Gasteiger partial charge in [-0.25, -0.2) is 0 Å². The fourth-order valence-corrected chi connectivity index (χ4v) is 1.55. The molecule has 0 saturated heterocycles. The molecule has 0 fully saturated rings. The molecule has 0 atom stereocenters. The first-order valence-electron chi connectivity index (χ1n) is 6.55. The smallest absolute Gasteiger partial charge is 0.303 e. The lowest BCUT2D eigenvalue weighted by Gasteiger charge is -2.04. The van der Waals surface area contributed by atoms with E-state index in [4.69, 9.17) is 10.4 Å². The maximum absolute atomic E-state index is 11.7. The molecule has 3 N–H and O–H groups in total. The number of nitro benzene ring substituents is 1. The zero-order valence-electron chi connectivity index (χ0n) is 12.0. The fraction of sp³-hybridized carbons (Fsp3) is 0.214. The van der Waals surface area contributed by atoms with E-state index in [1.807, 2.05) is 0 Å². The number of hydrogen-bond donors (Lipinski definition) is 3. The molecule has 23 heavy (non-hydrogen) atoms. The number of hydrogen-bond acceptors (Lipinski definition) is 6. The summed E-state index contributed by atoms with van der Waals surface area (Å²) in [6.07, 6.45) is 1.29. The molecule has 0 heterocycles. The minimum absolute atomic E-state index is 0.0855. The molecule has 0 radical (unpaired) electrons. The molecule has 0 aliphatic carbocycles. The molecule has 0 bridgehead atoms. The number of carboxylic acids is 1. The molecule has 1 amide bonds. The van der Waals surface area contributed by atoms with Crippen molar-refractivity contribution < 1.29 is 19.6 Å². The highest BCUT2D eigenvalue weighted by Crippen LogP contribution is 2.17. The van der Waals surface area contributed by atoms with E-state index in [2.05, 4.69) is 10.6 Å². The van der Waals surface area contributed by atoms with Crippen molar-refractivity contribution in [1.29, 1.82) is 5.26 Å². The van der Waals surface area contributed by atoms with E-state index in [0.29, 0.717) is 5.69 Å². The first kappa shape index (κ1) is 17.6. The summed E-state index contributed by atoms with van der Waals surface area (Å²) in [5.74, 6) is -1.63.